The Balaban J connectivity index is 1.15. The molecule has 4 fully saturated rings. The summed E-state index contributed by atoms with van der Waals surface area (Å²) in [7, 11) is -0.538. The lowest BCUT2D eigenvalue weighted by molar-refractivity contribution is -0.199. The van der Waals surface area contributed by atoms with E-state index in [-0.39, 0.29) is 58.7 Å². The highest BCUT2D eigenvalue weighted by molar-refractivity contribution is 6.48. The van der Waals surface area contributed by atoms with E-state index in [0.29, 0.717) is 30.4 Å². The van der Waals surface area contributed by atoms with Gasteiger partial charge in [0.1, 0.15) is 10.8 Å². The van der Waals surface area contributed by atoms with Gasteiger partial charge < -0.3 is 24.8 Å². The molecule has 3 aliphatic carbocycles. The molecule has 2 aliphatic heterocycles. The topological polar surface area (TPSA) is 111 Å². The van der Waals surface area contributed by atoms with Crippen molar-refractivity contribution < 1.29 is 23.7 Å². The zero-order valence-electron chi connectivity index (χ0n) is 24.6. The molecule has 2 amide bonds. The Morgan fingerprint density at radius 3 is 2.62 bits per heavy atom. The fraction of sp³-hybridized carbons (Fsp3) is 0.548. The summed E-state index contributed by atoms with van der Waals surface area (Å²) < 4.78 is 13.2. The average molecular weight is 593 g/mol. The number of nitrogens with zero attached hydrogens (tertiary/aromatic N) is 2. The lowest BCUT2D eigenvalue weighted by Gasteiger charge is -2.64. The second-order valence-corrected chi connectivity index (χ2v) is 13.3. The van der Waals surface area contributed by atoms with Crippen LogP contribution in [0.5, 0.6) is 0 Å². The molecule has 3 heterocycles. The highest BCUT2D eigenvalue weighted by Gasteiger charge is 2.68. The Morgan fingerprint density at radius 2 is 1.90 bits per heavy atom. The number of hydrogen-bond acceptors (Lipinski definition) is 7. The summed E-state index contributed by atoms with van der Waals surface area (Å²) in [5.74, 6) is 0.0563. The fourth-order valence-electron chi connectivity index (χ4n) is 7.40. The first-order valence-electron chi connectivity index (χ1n) is 14.9. The molecule has 0 radical (unpaired) electrons. The lowest BCUT2D eigenvalue weighted by Crippen LogP contribution is -2.65. The molecule has 1 unspecified atom stereocenters. The zero-order valence-corrected chi connectivity index (χ0v) is 25.3. The van der Waals surface area contributed by atoms with Gasteiger partial charge in [-0.1, -0.05) is 73.9 Å². The molecule has 2 aromatic rings. The molecule has 7 rings (SSSR count). The SMILES string of the molecule is CC[C@H](NC(=O)C1(Cc2ccccc2)CC(CNC(=O)c2cccc(Cl)n2)=NO1)B1O[C@@H]2C[C@@H]3C[C@@H](C3(C)C)[C@]2(C)O1. The van der Waals surface area contributed by atoms with Crippen LogP contribution in [-0.4, -0.2) is 59.4 Å². The van der Waals surface area contributed by atoms with E-state index in [4.69, 9.17) is 25.7 Å². The smallest absolute Gasteiger partial charge is 0.404 e. The minimum atomic E-state index is -1.28. The van der Waals surface area contributed by atoms with Gasteiger partial charge in [0, 0.05) is 12.8 Å². The lowest BCUT2D eigenvalue weighted by atomic mass is 9.43. The maximum Gasteiger partial charge on any atom is 0.481 e. The largest absolute Gasteiger partial charge is 0.481 e. The molecule has 2 N–H and O–H groups in total. The number of pyridine rings is 1. The van der Waals surface area contributed by atoms with Crippen LogP contribution in [0.15, 0.2) is 53.7 Å². The zero-order chi connectivity index (χ0) is 29.7. The summed E-state index contributed by atoms with van der Waals surface area (Å²) in [5.41, 5.74) is 0.295. The number of halogens is 1. The van der Waals surface area contributed by atoms with E-state index in [0.717, 1.165) is 18.4 Å². The van der Waals surface area contributed by atoms with Crippen molar-refractivity contribution in [3.63, 3.8) is 0 Å². The Labute approximate surface area is 252 Å². The minimum Gasteiger partial charge on any atom is -0.404 e. The first-order valence-corrected chi connectivity index (χ1v) is 15.2. The molecule has 1 saturated heterocycles. The van der Waals surface area contributed by atoms with Crippen LogP contribution in [0.3, 0.4) is 0 Å². The number of carbonyl (C=O) groups is 2. The van der Waals surface area contributed by atoms with Crippen LogP contribution in [0.4, 0.5) is 0 Å². The normalized spacial score (nSPS) is 31.3. The molecule has 1 aromatic carbocycles. The van der Waals surface area contributed by atoms with Gasteiger partial charge in [-0.15, -0.1) is 0 Å². The molecule has 5 aliphatic rings. The molecule has 2 bridgehead atoms. The predicted molar refractivity (Wildman–Crippen MR) is 160 cm³/mol. The van der Waals surface area contributed by atoms with Gasteiger partial charge in [-0.05, 0) is 61.1 Å². The van der Waals surface area contributed by atoms with Crippen LogP contribution in [0, 0.1) is 17.3 Å². The van der Waals surface area contributed by atoms with Crippen LogP contribution >= 0.6 is 11.6 Å². The number of amides is 2. The summed E-state index contributed by atoms with van der Waals surface area (Å²) in [5, 5.41) is 10.5. The number of oxime groups is 1. The van der Waals surface area contributed by atoms with E-state index in [1.807, 2.05) is 37.3 Å². The van der Waals surface area contributed by atoms with Gasteiger partial charge in [0.25, 0.3) is 11.8 Å². The quantitative estimate of drug-likeness (QED) is 0.330. The Kier molecular flexibility index (Phi) is 7.60. The second-order valence-electron chi connectivity index (χ2n) is 12.9. The van der Waals surface area contributed by atoms with Gasteiger partial charge in [0.2, 0.25) is 5.60 Å². The van der Waals surface area contributed by atoms with Gasteiger partial charge in [-0.2, -0.15) is 0 Å². The van der Waals surface area contributed by atoms with Gasteiger partial charge >= 0.3 is 7.12 Å². The molecular weight excluding hydrogens is 555 g/mol. The summed E-state index contributed by atoms with van der Waals surface area (Å²) >= 11 is 5.93. The number of rotatable bonds is 9. The van der Waals surface area contributed by atoms with Crippen molar-refractivity contribution in [2.45, 2.75) is 83.0 Å². The monoisotopic (exact) mass is 592 g/mol. The van der Waals surface area contributed by atoms with Crippen LogP contribution in [0.25, 0.3) is 0 Å². The molecule has 6 atom stereocenters. The van der Waals surface area contributed by atoms with Crippen molar-refractivity contribution in [2.24, 2.45) is 22.4 Å². The van der Waals surface area contributed by atoms with Crippen LogP contribution < -0.4 is 10.6 Å². The van der Waals surface area contributed by atoms with Crippen molar-refractivity contribution in [3.05, 3.63) is 64.9 Å². The second kappa shape index (κ2) is 11.0. The fourth-order valence-corrected chi connectivity index (χ4v) is 7.57. The first kappa shape index (κ1) is 29.1. The van der Waals surface area contributed by atoms with Gasteiger partial charge in [0.15, 0.2) is 0 Å². The number of nitrogens with one attached hydrogen (secondary N) is 2. The number of benzene rings is 1. The third-order valence-electron chi connectivity index (χ3n) is 10.0. The molecule has 1 aromatic heterocycles. The Bertz CT molecular complexity index is 1390. The third kappa shape index (κ3) is 5.11. The molecule has 9 nitrogen and oxygen atoms in total. The summed E-state index contributed by atoms with van der Waals surface area (Å²) in [4.78, 5) is 36.7. The number of carbonyl (C=O) groups excluding carboxylic acids is 2. The molecule has 0 spiro atoms. The molecular formula is C31H38BClN4O5. The first-order chi connectivity index (χ1) is 20.0. The molecule has 3 saturated carbocycles. The maximum absolute atomic E-state index is 14.1. The Morgan fingerprint density at radius 1 is 1.12 bits per heavy atom. The summed E-state index contributed by atoms with van der Waals surface area (Å²) in [6.07, 6.45) is 3.34. The van der Waals surface area contributed by atoms with Crippen LogP contribution in [0.2, 0.25) is 5.15 Å². The molecule has 11 heteroatoms. The standard InChI is InChI=1S/C31H38BClN4O5/c1-5-25(32-40-24-15-20-14-23(29(20,2)3)30(24,4)41-32)36-28(39)31(16-19-10-7-6-8-11-19)17-21(37-42-31)18-34-27(38)22-12-9-13-26(33)35-22/h6-13,20,23-25H,5,14-18H2,1-4H3,(H,34,38)(H,36,39)/t20-,23-,24+,25-,30-,31?/m0/s1. The van der Waals surface area contributed by atoms with Crippen molar-refractivity contribution >= 4 is 36.2 Å². The average Bonchev–Trinajstić information content (AvgIpc) is 3.56. The molecule has 222 valence electrons. The van der Waals surface area contributed by atoms with E-state index < -0.39 is 12.7 Å². The predicted octanol–water partition coefficient (Wildman–Crippen LogP) is 4.38. The summed E-state index contributed by atoms with van der Waals surface area (Å²) in [6.45, 7) is 8.98. The van der Waals surface area contributed by atoms with Crippen molar-refractivity contribution in [2.75, 3.05) is 6.54 Å². The van der Waals surface area contributed by atoms with Crippen molar-refractivity contribution in [3.8, 4) is 0 Å². The van der Waals surface area contributed by atoms with E-state index in [9.17, 15) is 9.59 Å². The highest BCUT2D eigenvalue weighted by atomic mass is 35.5. The van der Waals surface area contributed by atoms with Crippen LogP contribution in [-0.2, 0) is 25.4 Å². The number of hydrogen-bond donors (Lipinski definition) is 2. The van der Waals surface area contributed by atoms with Crippen LogP contribution in [0.1, 0.15) is 69.4 Å². The van der Waals surface area contributed by atoms with E-state index in [1.54, 1.807) is 18.2 Å². The van der Waals surface area contributed by atoms with E-state index >= 15 is 0 Å². The molecule has 42 heavy (non-hydrogen) atoms. The van der Waals surface area contributed by atoms with E-state index in [2.05, 4.69) is 41.5 Å². The number of aromatic nitrogens is 1. The highest BCUT2D eigenvalue weighted by Crippen LogP contribution is 2.65. The van der Waals surface area contributed by atoms with Gasteiger partial charge in [-0.3, -0.25) is 9.59 Å². The maximum atomic E-state index is 14.1. The van der Waals surface area contributed by atoms with Gasteiger partial charge in [-0.25, -0.2) is 4.98 Å². The van der Waals surface area contributed by atoms with Gasteiger partial charge in [0.05, 0.1) is 29.9 Å². The third-order valence-corrected chi connectivity index (χ3v) is 10.3. The Hall–Kier alpha value is -2.95. The van der Waals surface area contributed by atoms with Crippen molar-refractivity contribution in [1.82, 2.24) is 15.6 Å². The summed E-state index contributed by atoms with van der Waals surface area (Å²) in [6, 6.07) is 14.6. The van der Waals surface area contributed by atoms with Crippen molar-refractivity contribution in [1.29, 1.82) is 0 Å². The van der Waals surface area contributed by atoms with E-state index in [1.165, 1.54) is 0 Å². The minimum absolute atomic E-state index is 0.0266.